The van der Waals surface area contributed by atoms with Gasteiger partial charge in [-0.15, -0.1) is 0 Å². The van der Waals surface area contributed by atoms with Crippen LogP contribution in [0.15, 0.2) is 24.3 Å². The van der Waals surface area contributed by atoms with E-state index in [4.69, 9.17) is 9.84 Å². The molecule has 1 saturated heterocycles. The number of aliphatic hydroxyl groups is 1. The second kappa shape index (κ2) is 5.09. The molecule has 1 aromatic rings. The number of hydrogen-bond acceptors (Lipinski definition) is 4. The van der Waals surface area contributed by atoms with Crippen molar-refractivity contribution in [3.05, 3.63) is 29.8 Å². The van der Waals surface area contributed by atoms with Crippen molar-refractivity contribution in [2.75, 3.05) is 24.7 Å². The van der Waals surface area contributed by atoms with Crippen LogP contribution in [0.2, 0.25) is 0 Å². The van der Waals surface area contributed by atoms with Crippen LogP contribution in [0.4, 0.5) is 5.69 Å². The second-order valence-corrected chi connectivity index (χ2v) is 3.73. The van der Waals surface area contributed by atoms with Crippen molar-refractivity contribution in [2.24, 2.45) is 0 Å². The Morgan fingerprint density at radius 1 is 1.56 bits per heavy atom. The van der Waals surface area contributed by atoms with Crippen LogP contribution in [0.3, 0.4) is 0 Å². The highest BCUT2D eigenvalue weighted by Gasteiger charge is 2.24. The number of aliphatic hydroxyl groups excluding tert-OH is 1. The minimum Gasteiger partial charge on any atom is -0.396 e. The van der Waals surface area contributed by atoms with E-state index in [1.165, 1.54) is 0 Å². The average Bonchev–Trinajstić information content (AvgIpc) is 2.78. The molecular weight excluding hydrogens is 206 g/mol. The van der Waals surface area contributed by atoms with Gasteiger partial charge in [0.2, 0.25) is 0 Å². The number of aldehydes is 1. The van der Waals surface area contributed by atoms with Crippen molar-refractivity contribution in [1.82, 2.24) is 0 Å². The third-order valence-corrected chi connectivity index (χ3v) is 2.69. The summed E-state index contributed by atoms with van der Waals surface area (Å²) in [7, 11) is 0. The van der Waals surface area contributed by atoms with E-state index in [1.54, 1.807) is 0 Å². The number of nitrogens with zero attached hydrogens (tertiary/aromatic N) is 1. The fraction of sp³-hybridized carbons (Fsp3) is 0.417. The molecule has 0 amide bonds. The van der Waals surface area contributed by atoms with E-state index >= 15 is 0 Å². The highest BCUT2D eigenvalue weighted by Crippen LogP contribution is 2.21. The summed E-state index contributed by atoms with van der Waals surface area (Å²) in [5.41, 5.74) is 2.04. The molecule has 0 spiro atoms. The van der Waals surface area contributed by atoms with Gasteiger partial charge in [-0.05, 0) is 24.1 Å². The highest BCUT2D eigenvalue weighted by molar-refractivity contribution is 5.65. The van der Waals surface area contributed by atoms with Crippen molar-refractivity contribution in [3.8, 4) is 0 Å². The van der Waals surface area contributed by atoms with Crippen LogP contribution in [0.1, 0.15) is 5.56 Å². The molecule has 0 saturated carbocycles. The summed E-state index contributed by atoms with van der Waals surface area (Å²) >= 11 is 0. The van der Waals surface area contributed by atoms with Crippen molar-refractivity contribution >= 4 is 12.0 Å². The number of benzene rings is 1. The van der Waals surface area contributed by atoms with E-state index in [1.807, 2.05) is 29.2 Å². The van der Waals surface area contributed by atoms with Gasteiger partial charge in [-0.1, -0.05) is 12.1 Å². The Morgan fingerprint density at radius 3 is 3.19 bits per heavy atom. The average molecular weight is 221 g/mol. The number of anilines is 1. The molecule has 1 N–H and O–H groups in total. The van der Waals surface area contributed by atoms with Gasteiger partial charge in [0, 0.05) is 18.8 Å². The molecule has 1 atom stereocenters. The lowest BCUT2D eigenvalue weighted by atomic mass is 10.1. The number of carbonyl (C=O) groups excluding carboxylic acids is 1. The SMILES string of the molecule is O=CC1OCCN1c1cccc(CCO)c1. The molecule has 0 aromatic heterocycles. The summed E-state index contributed by atoms with van der Waals surface area (Å²) in [6, 6.07) is 7.83. The summed E-state index contributed by atoms with van der Waals surface area (Å²) in [4.78, 5) is 12.7. The first-order chi connectivity index (χ1) is 7.85. The molecule has 0 bridgehead atoms. The minimum absolute atomic E-state index is 0.136. The van der Waals surface area contributed by atoms with Gasteiger partial charge in [0.05, 0.1) is 6.61 Å². The summed E-state index contributed by atoms with van der Waals surface area (Å²) in [6.45, 7) is 1.44. The van der Waals surface area contributed by atoms with E-state index < -0.39 is 6.23 Å². The van der Waals surface area contributed by atoms with E-state index in [0.717, 1.165) is 24.1 Å². The van der Waals surface area contributed by atoms with Crippen LogP contribution >= 0.6 is 0 Å². The predicted molar refractivity (Wildman–Crippen MR) is 60.4 cm³/mol. The lowest BCUT2D eigenvalue weighted by molar-refractivity contribution is -0.115. The molecule has 86 valence electrons. The van der Waals surface area contributed by atoms with E-state index in [9.17, 15) is 4.79 Å². The van der Waals surface area contributed by atoms with Crippen LogP contribution in [-0.2, 0) is 16.0 Å². The lowest BCUT2D eigenvalue weighted by Crippen LogP contribution is -2.31. The molecule has 1 aliphatic heterocycles. The monoisotopic (exact) mass is 221 g/mol. The first-order valence-corrected chi connectivity index (χ1v) is 5.38. The van der Waals surface area contributed by atoms with E-state index in [2.05, 4.69) is 0 Å². The first kappa shape index (κ1) is 11.1. The molecule has 16 heavy (non-hydrogen) atoms. The zero-order valence-electron chi connectivity index (χ0n) is 9.00. The Balaban J connectivity index is 2.19. The van der Waals surface area contributed by atoms with Gasteiger partial charge in [0.15, 0.2) is 12.5 Å². The summed E-state index contributed by atoms with van der Waals surface area (Å²) < 4.78 is 5.28. The summed E-state index contributed by atoms with van der Waals surface area (Å²) in [5, 5.41) is 8.88. The van der Waals surface area contributed by atoms with Crippen molar-refractivity contribution in [1.29, 1.82) is 0 Å². The highest BCUT2D eigenvalue weighted by atomic mass is 16.5. The number of hydrogen-bond donors (Lipinski definition) is 1. The number of ether oxygens (including phenoxy) is 1. The van der Waals surface area contributed by atoms with Crippen LogP contribution in [0.25, 0.3) is 0 Å². The fourth-order valence-electron chi connectivity index (χ4n) is 1.90. The molecule has 0 aliphatic carbocycles. The number of rotatable bonds is 4. The van der Waals surface area contributed by atoms with Gasteiger partial charge in [-0.25, -0.2) is 0 Å². The molecule has 2 rings (SSSR count). The molecule has 1 aromatic carbocycles. The lowest BCUT2D eigenvalue weighted by Gasteiger charge is -2.21. The normalized spacial score (nSPS) is 20.1. The van der Waals surface area contributed by atoms with Crippen molar-refractivity contribution in [3.63, 3.8) is 0 Å². The molecule has 1 fully saturated rings. The molecule has 1 aliphatic rings. The standard InChI is InChI=1S/C12H15NO3/c14-6-4-10-2-1-3-11(8-10)13-5-7-16-12(13)9-15/h1-3,8-9,12,14H,4-7H2. The summed E-state index contributed by atoms with van der Waals surface area (Å²) in [5.74, 6) is 0. The minimum atomic E-state index is -0.468. The maximum absolute atomic E-state index is 10.8. The topological polar surface area (TPSA) is 49.8 Å². The van der Waals surface area contributed by atoms with E-state index in [-0.39, 0.29) is 6.61 Å². The zero-order valence-corrected chi connectivity index (χ0v) is 9.00. The zero-order chi connectivity index (χ0) is 11.4. The van der Waals surface area contributed by atoms with Crippen LogP contribution in [0, 0.1) is 0 Å². The maximum atomic E-state index is 10.8. The van der Waals surface area contributed by atoms with Gasteiger partial charge < -0.3 is 14.7 Å². The summed E-state index contributed by atoms with van der Waals surface area (Å²) in [6.07, 6.45) is 0.976. The molecule has 4 heteroatoms. The third-order valence-electron chi connectivity index (χ3n) is 2.69. The Hall–Kier alpha value is -1.39. The van der Waals surface area contributed by atoms with Crippen molar-refractivity contribution in [2.45, 2.75) is 12.6 Å². The van der Waals surface area contributed by atoms with Gasteiger partial charge in [-0.2, -0.15) is 0 Å². The first-order valence-electron chi connectivity index (χ1n) is 5.38. The van der Waals surface area contributed by atoms with Gasteiger partial charge in [-0.3, -0.25) is 4.79 Å². The Kier molecular flexibility index (Phi) is 3.54. The Morgan fingerprint density at radius 2 is 2.44 bits per heavy atom. The quantitative estimate of drug-likeness (QED) is 0.756. The molecular formula is C12H15NO3. The molecule has 0 radical (unpaired) electrons. The smallest absolute Gasteiger partial charge is 0.186 e. The van der Waals surface area contributed by atoms with Crippen LogP contribution < -0.4 is 4.90 Å². The van der Waals surface area contributed by atoms with Gasteiger partial charge >= 0.3 is 0 Å². The van der Waals surface area contributed by atoms with Gasteiger partial charge in [0.25, 0.3) is 0 Å². The van der Waals surface area contributed by atoms with Crippen LogP contribution in [-0.4, -0.2) is 37.4 Å². The van der Waals surface area contributed by atoms with Crippen molar-refractivity contribution < 1.29 is 14.6 Å². The second-order valence-electron chi connectivity index (χ2n) is 3.73. The fourth-order valence-corrected chi connectivity index (χ4v) is 1.90. The molecule has 4 nitrogen and oxygen atoms in total. The number of carbonyl (C=O) groups is 1. The molecule has 1 unspecified atom stereocenters. The maximum Gasteiger partial charge on any atom is 0.186 e. The Labute approximate surface area is 94.4 Å². The van der Waals surface area contributed by atoms with E-state index in [0.29, 0.717) is 13.0 Å². The van der Waals surface area contributed by atoms with Crippen LogP contribution in [0.5, 0.6) is 0 Å². The predicted octanol–water partition coefficient (Wildman–Crippen LogP) is 0.583. The third kappa shape index (κ3) is 2.23. The van der Waals surface area contributed by atoms with Gasteiger partial charge in [0.1, 0.15) is 0 Å². The Bertz CT molecular complexity index is 367. The largest absolute Gasteiger partial charge is 0.396 e. The molecule has 1 heterocycles.